The predicted molar refractivity (Wildman–Crippen MR) is 70.9 cm³/mol. The van der Waals surface area contributed by atoms with Crippen LogP contribution in [0, 0.1) is 0 Å². The normalized spacial score (nSPS) is 10.4. The Morgan fingerprint density at radius 1 is 1.15 bits per heavy atom. The van der Waals surface area contributed by atoms with Gasteiger partial charge < -0.3 is 10.4 Å². The Balaban J connectivity index is 2.14. The summed E-state index contributed by atoms with van der Waals surface area (Å²) >= 11 is 0. The zero-order valence-electron chi connectivity index (χ0n) is 10.2. The van der Waals surface area contributed by atoms with Crippen molar-refractivity contribution in [3.05, 3.63) is 54.3 Å². The number of rotatable bonds is 4. The molecule has 0 unspecified atom stereocenters. The molecule has 0 saturated carbocycles. The van der Waals surface area contributed by atoms with Crippen LogP contribution in [0.15, 0.2) is 43.1 Å². The molecule has 2 N–H and O–H groups in total. The van der Waals surface area contributed by atoms with Crippen LogP contribution in [0.2, 0.25) is 0 Å². The summed E-state index contributed by atoms with van der Waals surface area (Å²) in [6.07, 6.45) is 9.53. The van der Waals surface area contributed by atoms with Crippen molar-refractivity contribution in [2.45, 2.75) is 0 Å². The van der Waals surface area contributed by atoms with E-state index in [4.69, 9.17) is 5.11 Å². The molecule has 2 aromatic heterocycles. The molecule has 100 valence electrons. The highest BCUT2D eigenvalue weighted by Gasteiger charge is 2.07. The third kappa shape index (κ3) is 3.70. The number of pyridine rings is 1. The minimum absolute atomic E-state index is 0.295. The number of anilines is 1. The molecule has 7 nitrogen and oxygen atoms in total. The first-order valence-corrected chi connectivity index (χ1v) is 5.58. The monoisotopic (exact) mass is 270 g/mol. The quantitative estimate of drug-likeness (QED) is 0.809. The van der Waals surface area contributed by atoms with Crippen LogP contribution in [0.3, 0.4) is 0 Å². The van der Waals surface area contributed by atoms with E-state index in [1.165, 1.54) is 43.1 Å². The summed E-state index contributed by atoms with van der Waals surface area (Å²) in [5, 5.41) is 11.1. The minimum Gasteiger partial charge on any atom is -0.478 e. The van der Waals surface area contributed by atoms with Crippen molar-refractivity contribution < 1.29 is 14.7 Å². The molecule has 2 aromatic rings. The van der Waals surface area contributed by atoms with Crippen LogP contribution >= 0.6 is 0 Å². The molecule has 0 fully saturated rings. The van der Waals surface area contributed by atoms with Gasteiger partial charge in [-0.3, -0.25) is 14.8 Å². The second kappa shape index (κ2) is 6.19. The van der Waals surface area contributed by atoms with E-state index in [0.29, 0.717) is 16.9 Å². The van der Waals surface area contributed by atoms with Crippen molar-refractivity contribution in [2.75, 3.05) is 5.32 Å². The fraction of sp³-hybridized carbons (Fsp3) is 0. The second-order valence-electron chi connectivity index (χ2n) is 3.72. The molecule has 0 aliphatic rings. The van der Waals surface area contributed by atoms with Gasteiger partial charge in [0, 0.05) is 30.9 Å². The van der Waals surface area contributed by atoms with Gasteiger partial charge in [0.25, 0.3) is 5.91 Å². The summed E-state index contributed by atoms with van der Waals surface area (Å²) < 4.78 is 0. The Kier molecular flexibility index (Phi) is 4.13. The van der Waals surface area contributed by atoms with Crippen molar-refractivity contribution in [2.24, 2.45) is 0 Å². The van der Waals surface area contributed by atoms with Crippen LogP contribution in [-0.2, 0) is 4.79 Å². The van der Waals surface area contributed by atoms with Gasteiger partial charge in [-0.2, -0.15) is 0 Å². The molecule has 0 radical (unpaired) electrons. The highest BCUT2D eigenvalue weighted by atomic mass is 16.4. The van der Waals surface area contributed by atoms with Crippen LogP contribution in [0.4, 0.5) is 5.82 Å². The molecule has 0 bridgehead atoms. The number of aromatic nitrogens is 3. The van der Waals surface area contributed by atoms with Crippen LogP contribution in [0.5, 0.6) is 0 Å². The molecule has 20 heavy (non-hydrogen) atoms. The van der Waals surface area contributed by atoms with E-state index < -0.39 is 11.9 Å². The van der Waals surface area contributed by atoms with Crippen molar-refractivity contribution in [1.82, 2.24) is 15.0 Å². The molecular weight excluding hydrogens is 260 g/mol. The van der Waals surface area contributed by atoms with Gasteiger partial charge in [-0.25, -0.2) is 9.78 Å². The average Bonchev–Trinajstić information content (AvgIpc) is 2.46. The maximum absolute atomic E-state index is 11.9. The van der Waals surface area contributed by atoms with Gasteiger partial charge in [-0.1, -0.05) is 0 Å². The molecule has 1 amide bonds. The van der Waals surface area contributed by atoms with Crippen molar-refractivity contribution >= 4 is 23.8 Å². The standard InChI is InChI=1S/C13H10N4O3/c18-12(19)2-1-9-5-10(7-15-6-9)13(20)17-11-8-14-3-4-16-11/h1-8H,(H,18,19)(H,16,17,20). The lowest BCUT2D eigenvalue weighted by molar-refractivity contribution is -0.131. The number of amides is 1. The van der Waals surface area contributed by atoms with Gasteiger partial charge in [-0.15, -0.1) is 0 Å². The number of hydrogen-bond donors (Lipinski definition) is 2. The molecule has 0 aromatic carbocycles. The van der Waals surface area contributed by atoms with E-state index in [0.717, 1.165) is 6.08 Å². The molecule has 0 aliphatic heterocycles. The van der Waals surface area contributed by atoms with E-state index >= 15 is 0 Å². The molecule has 0 aliphatic carbocycles. The highest BCUT2D eigenvalue weighted by molar-refractivity contribution is 6.03. The Morgan fingerprint density at radius 2 is 2.00 bits per heavy atom. The van der Waals surface area contributed by atoms with E-state index in [1.54, 1.807) is 0 Å². The van der Waals surface area contributed by atoms with Gasteiger partial charge in [0.15, 0.2) is 5.82 Å². The summed E-state index contributed by atoms with van der Waals surface area (Å²) in [5.41, 5.74) is 0.808. The summed E-state index contributed by atoms with van der Waals surface area (Å²) in [4.78, 5) is 34.0. The lowest BCUT2D eigenvalue weighted by atomic mass is 10.2. The van der Waals surface area contributed by atoms with Crippen LogP contribution < -0.4 is 5.32 Å². The van der Waals surface area contributed by atoms with Crippen molar-refractivity contribution in [1.29, 1.82) is 0 Å². The number of carboxylic acid groups (broad SMARTS) is 1. The summed E-state index contributed by atoms with van der Waals surface area (Å²) in [6.45, 7) is 0. The van der Waals surface area contributed by atoms with Gasteiger partial charge in [-0.05, 0) is 17.7 Å². The van der Waals surface area contributed by atoms with Crippen LogP contribution in [0.25, 0.3) is 6.08 Å². The number of carboxylic acids is 1. The zero-order chi connectivity index (χ0) is 14.4. The molecule has 0 spiro atoms. The lowest BCUT2D eigenvalue weighted by Gasteiger charge is -2.03. The third-order valence-electron chi connectivity index (χ3n) is 2.24. The Bertz CT molecular complexity index is 656. The minimum atomic E-state index is -1.07. The topological polar surface area (TPSA) is 105 Å². The molecule has 2 heterocycles. The maximum atomic E-state index is 11.9. The maximum Gasteiger partial charge on any atom is 0.328 e. The number of carbonyl (C=O) groups is 2. The first kappa shape index (κ1) is 13.3. The second-order valence-corrected chi connectivity index (χ2v) is 3.72. The van der Waals surface area contributed by atoms with E-state index in [-0.39, 0.29) is 0 Å². The molecular formula is C13H10N4O3. The summed E-state index contributed by atoms with van der Waals surface area (Å²) in [5.74, 6) is -1.15. The first-order valence-electron chi connectivity index (χ1n) is 5.58. The highest BCUT2D eigenvalue weighted by Crippen LogP contribution is 2.07. The van der Waals surface area contributed by atoms with Gasteiger partial charge in [0.05, 0.1) is 11.8 Å². The van der Waals surface area contributed by atoms with E-state index in [9.17, 15) is 9.59 Å². The van der Waals surface area contributed by atoms with Crippen molar-refractivity contribution in [3.8, 4) is 0 Å². The predicted octanol–water partition coefficient (Wildman–Crippen LogP) is 1.22. The summed E-state index contributed by atoms with van der Waals surface area (Å²) in [7, 11) is 0. The fourth-order valence-electron chi connectivity index (χ4n) is 1.39. The van der Waals surface area contributed by atoms with Gasteiger partial charge in [0.1, 0.15) is 0 Å². The fourth-order valence-corrected chi connectivity index (χ4v) is 1.39. The van der Waals surface area contributed by atoms with Gasteiger partial charge in [0.2, 0.25) is 0 Å². The molecule has 7 heteroatoms. The van der Waals surface area contributed by atoms with Crippen LogP contribution in [-0.4, -0.2) is 31.9 Å². The molecule has 0 saturated heterocycles. The Hall–Kier alpha value is -3.09. The number of carbonyl (C=O) groups excluding carboxylic acids is 1. The SMILES string of the molecule is O=C(O)C=Cc1cncc(C(=O)Nc2cnccn2)c1. The van der Waals surface area contributed by atoms with E-state index in [1.807, 2.05) is 0 Å². The molecule has 0 atom stereocenters. The van der Waals surface area contributed by atoms with Gasteiger partial charge >= 0.3 is 5.97 Å². The van der Waals surface area contributed by atoms with Crippen LogP contribution in [0.1, 0.15) is 15.9 Å². The first-order chi connectivity index (χ1) is 9.65. The smallest absolute Gasteiger partial charge is 0.328 e. The average molecular weight is 270 g/mol. The number of hydrogen-bond acceptors (Lipinski definition) is 5. The number of nitrogens with one attached hydrogen (secondary N) is 1. The number of aliphatic carboxylic acids is 1. The molecule has 2 rings (SSSR count). The largest absolute Gasteiger partial charge is 0.478 e. The Morgan fingerprint density at radius 3 is 2.70 bits per heavy atom. The zero-order valence-corrected chi connectivity index (χ0v) is 10.2. The lowest BCUT2D eigenvalue weighted by Crippen LogP contribution is -2.13. The van der Waals surface area contributed by atoms with E-state index in [2.05, 4.69) is 20.3 Å². The summed E-state index contributed by atoms with van der Waals surface area (Å²) in [6, 6.07) is 1.53. The number of nitrogens with zero attached hydrogens (tertiary/aromatic N) is 3. The Labute approximate surface area is 114 Å². The van der Waals surface area contributed by atoms with Crippen molar-refractivity contribution in [3.63, 3.8) is 0 Å². The third-order valence-corrected chi connectivity index (χ3v) is 2.24.